The fourth-order valence-electron chi connectivity index (χ4n) is 1.65. The Morgan fingerprint density at radius 1 is 1.27 bits per heavy atom. The molecule has 0 aliphatic rings. The minimum Gasteiger partial charge on any atom is -0.495 e. The number of alkyl halides is 3. The van der Waals surface area contributed by atoms with Crippen molar-refractivity contribution in [1.29, 1.82) is 5.26 Å². The van der Waals surface area contributed by atoms with Crippen molar-refractivity contribution in [3.8, 4) is 11.8 Å². The van der Waals surface area contributed by atoms with Crippen LogP contribution in [0.2, 0.25) is 0 Å². The summed E-state index contributed by atoms with van der Waals surface area (Å²) in [4.78, 5) is 11.7. The van der Waals surface area contributed by atoms with Gasteiger partial charge in [-0.15, -0.1) is 0 Å². The number of anilines is 1. The lowest BCUT2D eigenvalue weighted by Crippen LogP contribution is -2.27. The molecule has 1 N–H and O–H groups in total. The Balaban J connectivity index is 3.24. The Hall–Kier alpha value is -2.43. The number of benzene rings is 1. The second kappa shape index (κ2) is 6.13. The Labute approximate surface area is 125 Å². The summed E-state index contributed by atoms with van der Waals surface area (Å²) in [6, 6.07) is 3.31. The maximum Gasteiger partial charge on any atom is 0.420 e. The summed E-state index contributed by atoms with van der Waals surface area (Å²) < 4.78 is 48.3. The van der Waals surface area contributed by atoms with Crippen LogP contribution in [0.5, 0.6) is 5.75 Å². The Kier molecular flexibility index (Phi) is 4.91. The highest BCUT2D eigenvalue weighted by Gasteiger charge is 2.36. The highest BCUT2D eigenvalue weighted by Crippen LogP contribution is 2.40. The van der Waals surface area contributed by atoms with Gasteiger partial charge in [-0.3, -0.25) is 5.32 Å². The highest BCUT2D eigenvalue weighted by molar-refractivity contribution is 5.88. The third kappa shape index (κ3) is 4.28. The van der Waals surface area contributed by atoms with Crippen LogP contribution in [0.1, 0.15) is 31.9 Å². The highest BCUT2D eigenvalue weighted by atomic mass is 19.4. The lowest BCUT2D eigenvalue weighted by atomic mass is 10.1. The summed E-state index contributed by atoms with van der Waals surface area (Å²) in [5, 5.41) is 11.3. The summed E-state index contributed by atoms with van der Waals surface area (Å²) in [6.07, 6.45) is -5.56. The van der Waals surface area contributed by atoms with Crippen LogP contribution in [-0.4, -0.2) is 18.8 Å². The second-order valence-electron chi connectivity index (χ2n) is 5.31. The van der Waals surface area contributed by atoms with E-state index >= 15 is 0 Å². The number of ether oxygens (including phenoxy) is 2. The van der Waals surface area contributed by atoms with E-state index in [4.69, 9.17) is 10.00 Å². The zero-order valence-corrected chi connectivity index (χ0v) is 12.5. The molecule has 1 amide bonds. The normalized spacial score (nSPS) is 11.5. The van der Waals surface area contributed by atoms with Crippen molar-refractivity contribution in [1.82, 2.24) is 0 Å². The molecule has 0 heterocycles. The molecule has 8 heteroatoms. The van der Waals surface area contributed by atoms with Gasteiger partial charge in [0.25, 0.3) is 0 Å². The molecule has 22 heavy (non-hydrogen) atoms. The van der Waals surface area contributed by atoms with E-state index in [1.165, 1.54) is 0 Å². The van der Waals surface area contributed by atoms with Crippen LogP contribution in [0.25, 0.3) is 0 Å². The van der Waals surface area contributed by atoms with E-state index in [2.05, 4.69) is 10.1 Å². The van der Waals surface area contributed by atoms with Gasteiger partial charge in [-0.2, -0.15) is 18.4 Å². The lowest BCUT2D eigenvalue weighted by Gasteiger charge is -2.21. The Morgan fingerprint density at radius 3 is 2.27 bits per heavy atom. The topological polar surface area (TPSA) is 71.3 Å². The SMILES string of the molecule is COc1c(C(F)(F)F)ccc(NC(=O)OC(C)(C)C)c1C#N. The monoisotopic (exact) mass is 316 g/mol. The summed E-state index contributed by atoms with van der Waals surface area (Å²) in [6.45, 7) is 4.89. The standard InChI is InChI=1S/C14H15F3N2O3/c1-13(2,3)22-12(20)19-10-6-5-9(14(15,16)17)11(21-4)8(10)7-18/h5-6H,1-4H3,(H,19,20). The number of hydrogen-bond donors (Lipinski definition) is 1. The van der Waals surface area contributed by atoms with Gasteiger partial charge < -0.3 is 9.47 Å². The van der Waals surface area contributed by atoms with Crippen molar-refractivity contribution in [3.05, 3.63) is 23.3 Å². The average Bonchev–Trinajstić information content (AvgIpc) is 2.34. The molecule has 1 rings (SSSR count). The molecule has 0 aliphatic heterocycles. The van der Waals surface area contributed by atoms with Crippen molar-refractivity contribution in [2.24, 2.45) is 0 Å². The van der Waals surface area contributed by atoms with Crippen molar-refractivity contribution >= 4 is 11.8 Å². The van der Waals surface area contributed by atoms with Crippen LogP contribution in [0.4, 0.5) is 23.7 Å². The summed E-state index contributed by atoms with van der Waals surface area (Å²) in [7, 11) is 1.02. The number of halogens is 3. The van der Waals surface area contributed by atoms with E-state index in [0.717, 1.165) is 19.2 Å². The molecule has 0 fully saturated rings. The molecule has 0 radical (unpaired) electrons. The van der Waals surface area contributed by atoms with Crippen LogP contribution in [0.3, 0.4) is 0 Å². The largest absolute Gasteiger partial charge is 0.495 e. The molecule has 0 saturated carbocycles. The molecule has 1 aromatic carbocycles. The van der Waals surface area contributed by atoms with Crippen LogP contribution < -0.4 is 10.1 Å². The first-order valence-corrected chi connectivity index (χ1v) is 6.18. The molecule has 0 aromatic heterocycles. The van der Waals surface area contributed by atoms with E-state index in [0.29, 0.717) is 0 Å². The van der Waals surface area contributed by atoms with E-state index in [9.17, 15) is 18.0 Å². The van der Waals surface area contributed by atoms with E-state index < -0.39 is 34.7 Å². The third-order valence-corrected chi connectivity index (χ3v) is 2.41. The van der Waals surface area contributed by atoms with Gasteiger partial charge in [0.1, 0.15) is 17.2 Å². The number of nitrogens with one attached hydrogen (secondary N) is 1. The molecule has 0 atom stereocenters. The number of nitriles is 1. The quantitative estimate of drug-likeness (QED) is 0.897. The zero-order chi connectivity index (χ0) is 17.1. The van der Waals surface area contributed by atoms with Crippen molar-refractivity contribution in [2.75, 3.05) is 12.4 Å². The summed E-state index contributed by atoms with van der Waals surface area (Å²) in [5.41, 5.74) is -2.43. The predicted molar refractivity (Wildman–Crippen MR) is 72.6 cm³/mol. The third-order valence-electron chi connectivity index (χ3n) is 2.41. The minimum atomic E-state index is -4.68. The molecule has 120 valence electrons. The van der Waals surface area contributed by atoms with E-state index in [1.807, 2.05) is 0 Å². The Morgan fingerprint density at radius 2 is 1.86 bits per heavy atom. The number of amides is 1. The van der Waals surface area contributed by atoms with Crippen molar-refractivity contribution < 1.29 is 27.4 Å². The van der Waals surface area contributed by atoms with Crippen LogP contribution in [0, 0.1) is 11.3 Å². The van der Waals surface area contributed by atoms with Gasteiger partial charge in [0, 0.05) is 0 Å². The molecule has 0 spiro atoms. The van der Waals surface area contributed by atoms with Gasteiger partial charge in [0.05, 0.1) is 18.4 Å². The van der Waals surface area contributed by atoms with E-state index in [1.54, 1.807) is 26.8 Å². The first-order valence-electron chi connectivity index (χ1n) is 6.18. The number of hydrogen-bond acceptors (Lipinski definition) is 4. The van der Waals surface area contributed by atoms with Gasteiger partial charge in [-0.1, -0.05) is 0 Å². The van der Waals surface area contributed by atoms with E-state index in [-0.39, 0.29) is 5.69 Å². The summed E-state index contributed by atoms with van der Waals surface area (Å²) >= 11 is 0. The van der Waals surface area contributed by atoms with Crippen molar-refractivity contribution in [2.45, 2.75) is 32.5 Å². The van der Waals surface area contributed by atoms with Crippen molar-refractivity contribution in [3.63, 3.8) is 0 Å². The predicted octanol–water partition coefficient (Wildman–Crippen LogP) is 3.93. The van der Waals surface area contributed by atoms with Gasteiger partial charge >= 0.3 is 12.3 Å². The maximum absolute atomic E-state index is 12.9. The summed E-state index contributed by atoms with van der Waals surface area (Å²) in [5.74, 6) is -0.649. The lowest BCUT2D eigenvalue weighted by molar-refractivity contribution is -0.138. The fourth-order valence-corrected chi connectivity index (χ4v) is 1.65. The molecular formula is C14H15F3N2O3. The Bertz CT molecular complexity index is 613. The second-order valence-corrected chi connectivity index (χ2v) is 5.31. The van der Waals surface area contributed by atoms with Crippen LogP contribution in [0.15, 0.2) is 12.1 Å². The number of carbonyl (C=O) groups excluding carboxylic acids is 1. The van der Waals surface area contributed by atoms with Crippen LogP contribution in [-0.2, 0) is 10.9 Å². The number of rotatable bonds is 2. The fraction of sp³-hybridized carbons (Fsp3) is 0.429. The number of methoxy groups -OCH3 is 1. The molecule has 0 aliphatic carbocycles. The molecule has 0 bridgehead atoms. The smallest absolute Gasteiger partial charge is 0.420 e. The zero-order valence-electron chi connectivity index (χ0n) is 12.5. The molecule has 5 nitrogen and oxygen atoms in total. The molecule has 0 unspecified atom stereocenters. The maximum atomic E-state index is 12.9. The first kappa shape index (κ1) is 17.6. The number of nitrogens with zero attached hydrogens (tertiary/aromatic N) is 1. The van der Waals surface area contributed by atoms with Crippen LogP contribution >= 0.6 is 0 Å². The molecular weight excluding hydrogens is 301 g/mol. The van der Waals surface area contributed by atoms with Gasteiger partial charge in [-0.25, -0.2) is 4.79 Å². The molecule has 1 aromatic rings. The number of carbonyl (C=O) groups is 1. The van der Waals surface area contributed by atoms with Gasteiger partial charge in [-0.05, 0) is 32.9 Å². The van der Waals surface area contributed by atoms with Gasteiger partial charge in [0.2, 0.25) is 0 Å². The first-order chi connectivity index (χ1) is 9.99. The average molecular weight is 316 g/mol. The minimum absolute atomic E-state index is 0.124. The molecule has 0 saturated heterocycles. The van der Waals surface area contributed by atoms with Gasteiger partial charge in [0.15, 0.2) is 5.75 Å².